The van der Waals surface area contributed by atoms with Gasteiger partial charge in [0.2, 0.25) is 0 Å². The summed E-state index contributed by atoms with van der Waals surface area (Å²) in [5.41, 5.74) is 0. The summed E-state index contributed by atoms with van der Waals surface area (Å²) in [7, 11) is 1.66. The van der Waals surface area contributed by atoms with Crippen LogP contribution < -0.4 is 10.1 Å². The molecule has 0 aliphatic heterocycles. The van der Waals surface area contributed by atoms with Crippen molar-refractivity contribution < 1.29 is 14.6 Å². The molecule has 0 aliphatic carbocycles. The second-order valence-electron chi connectivity index (χ2n) is 4.18. The van der Waals surface area contributed by atoms with Crippen LogP contribution in [0.2, 0.25) is 0 Å². The number of methoxy groups -OCH3 is 1. The van der Waals surface area contributed by atoms with Crippen molar-refractivity contribution in [2.45, 2.75) is 19.1 Å². The van der Waals surface area contributed by atoms with E-state index < -0.39 is 6.10 Å². The number of aliphatic hydroxyl groups excluding tert-OH is 1. The van der Waals surface area contributed by atoms with Gasteiger partial charge in [-0.05, 0) is 31.2 Å². The van der Waals surface area contributed by atoms with Crippen LogP contribution in [0.4, 0.5) is 0 Å². The molecule has 5 heteroatoms. The molecule has 0 radical (unpaired) electrons. The summed E-state index contributed by atoms with van der Waals surface area (Å²) in [5, 5.41) is 12.9. The summed E-state index contributed by atoms with van der Waals surface area (Å²) < 4.78 is 11.5. The van der Waals surface area contributed by atoms with Gasteiger partial charge < -0.3 is 19.9 Å². The Bertz CT molecular complexity index is 332. The zero-order valence-corrected chi connectivity index (χ0v) is 12.3. The van der Waals surface area contributed by atoms with Gasteiger partial charge in [-0.3, -0.25) is 0 Å². The molecule has 4 nitrogen and oxygen atoms in total. The van der Waals surface area contributed by atoms with Crippen molar-refractivity contribution >= 4 is 15.9 Å². The molecular weight excluding hydrogens is 298 g/mol. The van der Waals surface area contributed by atoms with Gasteiger partial charge >= 0.3 is 0 Å². The fraction of sp³-hybridized carbons (Fsp3) is 0.538. The monoisotopic (exact) mass is 317 g/mol. The van der Waals surface area contributed by atoms with Crippen LogP contribution in [0.25, 0.3) is 0 Å². The van der Waals surface area contributed by atoms with Crippen LogP contribution in [0.5, 0.6) is 5.75 Å². The Kier molecular flexibility index (Phi) is 7.27. The van der Waals surface area contributed by atoms with E-state index in [0.29, 0.717) is 13.2 Å². The first kappa shape index (κ1) is 15.4. The minimum atomic E-state index is -0.534. The summed E-state index contributed by atoms with van der Waals surface area (Å²) in [4.78, 5) is 0. The first-order valence-electron chi connectivity index (χ1n) is 5.90. The molecule has 1 aromatic rings. The number of nitrogens with one attached hydrogen (secondary N) is 1. The Morgan fingerprint density at radius 1 is 1.28 bits per heavy atom. The van der Waals surface area contributed by atoms with E-state index in [4.69, 9.17) is 9.47 Å². The number of aliphatic hydroxyl groups is 1. The number of hydrogen-bond donors (Lipinski definition) is 2. The number of rotatable bonds is 8. The lowest BCUT2D eigenvalue weighted by atomic mass is 10.3. The highest BCUT2D eigenvalue weighted by molar-refractivity contribution is 9.10. The summed E-state index contributed by atoms with van der Waals surface area (Å²) >= 11 is 3.35. The highest BCUT2D eigenvalue weighted by Gasteiger charge is 2.07. The molecule has 0 aromatic heterocycles. The number of ether oxygens (including phenoxy) is 2. The maximum absolute atomic E-state index is 9.74. The van der Waals surface area contributed by atoms with Gasteiger partial charge in [0.25, 0.3) is 0 Å². The third kappa shape index (κ3) is 6.35. The predicted molar refractivity (Wildman–Crippen MR) is 75.0 cm³/mol. The van der Waals surface area contributed by atoms with Crippen molar-refractivity contribution in [3.63, 3.8) is 0 Å². The molecule has 18 heavy (non-hydrogen) atoms. The van der Waals surface area contributed by atoms with Crippen LogP contribution in [0, 0.1) is 0 Å². The van der Waals surface area contributed by atoms with Crippen molar-refractivity contribution in [3.05, 3.63) is 28.7 Å². The number of halogens is 1. The Labute approximate surface area is 116 Å². The lowest BCUT2D eigenvalue weighted by Gasteiger charge is -2.17. The largest absolute Gasteiger partial charge is 0.491 e. The Balaban J connectivity index is 2.20. The quantitative estimate of drug-likeness (QED) is 0.768. The maximum Gasteiger partial charge on any atom is 0.119 e. The first-order chi connectivity index (χ1) is 8.61. The molecule has 2 atom stereocenters. The molecule has 1 aromatic carbocycles. The smallest absolute Gasteiger partial charge is 0.119 e. The van der Waals surface area contributed by atoms with E-state index in [2.05, 4.69) is 21.2 Å². The van der Waals surface area contributed by atoms with Gasteiger partial charge in [0, 0.05) is 24.2 Å². The Morgan fingerprint density at radius 2 is 1.94 bits per heavy atom. The normalized spacial score (nSPS) is 14.2. The van der Waals surface area contributed by atoms with Gasteiger partial charge in [-0.2, -0.15) is 0 Å². The van der Waals surface area contributed by atoms with E-state index in [-0.39, 0.29) is 12.6 Å². The Morgan fingerprint density at radius 3 is 2.56 bits per heavy atom. The molecule has 2 N–H and O–H groups in total. The lowest BCUT2D eigenvalue weighted by Crippen LogP contribution is -2.38. The number of hydrogen-bond acceptors (Lipinski definition) is 4. The average molecular weight is 318 g/mol. The van der Waals surface area contributed by atoms with Crippen molar-refractivity contribution in [1.29, 1.82) is 0 Å². The third-order valence-electron chi connectivity index (χ3n) is 2.37. The van der Waals surface area contributed by atoms with Gasteiger partial charge in [-0.15, -0.1) is 0 Å². The molecular formula is C13H20BrNO3. The van der Waals surface area contributed by atoms with E-state index in [1.165, 1.54) is 0 Å². The molecule has 0 bridgehead atoms. The average Bonchev–Trinajstić information content (AvgIpc) is 2.36. The summed E-state index contributed by atoms with van der Waals surface area (Å²) in [5.74, 6) is 0.752. The standard InChI is InChI=1S/C13H20BrNO3/c1-10(8-17-2)15-7-12(16)9-18-13-5-3-11(14)4-6-13/h3-6,10,12,15-16H,7-9H2,1-2H3/t10-,12-/m0/s1. The van der Waals surface area contributed by atoms with Crippen molar-refractivity contribution in [1.82, 2.24) is 5.32 Å². The predicted octanol–water partition coefficient (Wildman–Crippen LogP) is 1.81. The highest BCUT2D eigenvalue weighted by Crippen LogP contribution is 2.16. The van der Waals surface area contributed by atoms with Gasteiger partial charge in [-0.1, -0.05) is 15.9 Å². The lowest BCUT2D eigenvalue weighted by molar-refractivity contribution is 0.0973. The van der Waals surface area contributed by atoms with Crippen LogP contribution >= 0.6 is 15.9 Å². The topological polar surface area (TPSA) is 50.7 Å². The Hall–Kier alpha value is -0.620. The van der Waals surface area contributed by atoms with Gasteiger partial charge in [0.05, 0.1) is 6.61 Å². The summed E-state index contributed by atoms with van der Waals surface area (Å²) in [6.45, 7) is 3.39. The molecule has 0 unspecified atom stereocenters. The van der Waals surface area contributed by atoms with Gasteiger partial charge in [-0.25, -0.2) is 0 Å². The van der Waals surface area contributed by atoms with Gasteiger partial charge in [0.1, 0.15) is 18.5 Å². The molecule has 1 rings (SSSR count). The van der Waals surface area contributed by atoms with Crippen LogP contribution in [0.15, 0.2) is 28.7 Å². The molecule has 0 fully saturated rings. The second kappa shape index (κ2) is 8.48. The SMILES string of the molecule is COC[C@H](C)NC[C@H](O)COc1ccc(Br)cc1. The van der Waals surface area contributed by atoms with Crippen molar-refractivity contribution in [2.24, 2.45) is 0 Å². The fourth-order valence-electron chi connectivity index (χ4n) is 1.43. The van der Waals surface area contributed by atoms with E-state index in [1.54, 1.807) is 7.11 Å². The van der Waals surface area contributed by atoms with Crippen LogP contribution in [-0.2, 0) is 4.74 Å². The molecule has 0 saturated heterocycles. The van der Waals surface area contributed by atoms with Crippen LogP contribution in [0.3, 0.4) is 0 Å². The zero-order valence-electron chi connectivity index (χ0n) is 10.7. The van der Waals surface area contributed by atoms with E-state index >= 15 is 0 Å². The van der Waals surface area contributed by atoms with Crippen LogP contribution in [0.1, 0.15) is 6.92 Å². The molecule has 0 spiro atoms. The maximum atomic E-state index is 9.74. The minimum absolute atomic E-state index is 0.220. The van der Waals surface area contributed by atoms with E-state index in [0.717, 1.165) is 10.2 Å². The molecule has 0 heterocycles. The minimum Gasteiger partial charge on any atom is -0.491 e. The van der Waals surface area contributed by atoms with Crippen molar-refractivity contribution in [3.8, 4) is 5.75 Å². The molecule has 0 amide bonds. The summed E-state index contributed by atoms with van der Waals surface area (Å²) in [6.07, 6.45) is -0.534. The molecule has 0 saturated carbocycles. The summed E-state index contributed by atoms with van der Waals surface area (Å²) in [6, 6.07) is 7.74. The van der Waals surface area contributed by atoms with E-state index in [9.17, 15) is 5.11 Å². The second-order valence-corrected chi connectivity index (χ2v) is 5.10. The zero-order chi connectivity index (χ0) is 13.4. The third-order valence-corrected chi connectivity index (χ3v) is 2.90. The molecule has 0 aliphatic rings. The highest BCUT2D eigenvalue weighted by atomic mass is 79.9. The van der Waals surface area contributed by atoms with E-state index in [1.807, 2.05) is 31.2 Å². The van der Waals surface area contributed by atoms with Gasteiger partial charge in [0.15, 0.2) is 0 Å². The van der Waals surface area contributed by atoms with Crippen LogP contribution in [-0.4, -0.2) is 44.1 Å². The number of benzene rings is 1. The van der Waals surface area contributed by atoms with Crippen molar-refractivity contribution in [2.75, 3.05) is 26.9 Å². The first-order valence-corrected chi connectivity index (χ1v) is 6.70. The molecule has 102 valence electrons. The fourth-order valence-corrected chi connectivity index (χ4v) is 1.69.